The van der Waals surface area contributed by atoms with Gasteiger partial charge in [0.15, 0.2) is 28.5 Å². The number of halogens is 1. The van der Waals surface area contributed by atoms with Crippen molar-refractivity contribution in [2.45, 2.75) is 107 Å². The highest BCUT2D eigenvalue weighted by molar-refractivity contribution is 9.08. The van der Waals surface area contributed by atoms with Crippen LogP contribution < -0.4 is 5.73 Å². The number of ether oxygens (including phenoxy) is 1. The van der Waals surface area contributed by atoms with E-state index in [0.29, 0.717) is 11.0 Å². The summed E-state index contributed by atoms with van der Waals surface area (Å²) in [5.41, 5.74) is 5.61. The van der Waals surface area contributed by atoms with Gasteiger partial charge in [-0.3, -0.25) is 0 Å². The monoisotopic (exact) mass is 624 g/mol. The van der Waals surface area contributed by atoms with Gasteiger partial charge in [0.25, 0.3) is 10.1 Å². The van der Waals surface area contributed by atoms with Gasteiger partial charge in [-0.1, -0.05) is 62.7 Å². The van der Waals surface area contributed by atoms with Crippen LogP contribution in [0.5, 0.6) is 0 Å². The molecular formula is C22H41BrN4O6SSi2. The van der Waals surface area contributed by atoms with Crippen molar-refractivity contribution in [1.82, 2.24) is 15.0 Å². The zero-order valence-electron chi connectivity index (χ0n) is 23.0. The van der Waals surface area contributed by atoms with Crippen molar-refractivity contribution in [2.24, 2.45) is 5.73 Å². The first-order chi connectivity index (χ1) is 16.2. The number of nitrogens with zero attached hydrogens (tertiary/aromatic N) is 3. The van der Waals surface area contributed by atoms with Gasteiger partial charge in [-0.2, -0.15) is 8.42 Å². The Balaban J connectivity index is 2.14. The second-order valence-corrected chi connectivity index (χ2v) is 24.2. The fourth-order valence-corrected chi connectivity index (χ4v) is 7.47. The third-order valence-electron chi connectivity index (χ3n) is 8.03. The summed E-state index contributed by atoms with van der Waals surface area (Å²) >= 11 is 3.40. The average molecular weight is 626 g/mol. The molecule has 0 bridgehead atoms. The Bertz CT molecular complexity index is 1110. The lowest BCUT2D eigenvalue weighted by molar-refractivity contribution is -0.0595. The number of nitrogens with two attached hydrogens (primary N) is 1. The largest absolute Gasteiger partial charge is 0.414 e. The van der Waals surface area contributed by atoms with Crippen LogP contribution in [-0.2, 0) is 33.2 Å². The second kappa shape index (κ2) is 9.54. The van der Waals surface area contributed by atoms with Gasteiger partial charge >= 0.3 is 0 Å². The molecule has 2 aliphatic heterocycles. The summed E-state index contributed by atoms with van der Waals surface area (Å²) in [6.45, 7) is 21.3. The van der Waals surface area contributed by atoms with E-state index in [9.17, 15) is 8.42 Å². The third kappa shape index (κ3) is 5.42. The average Bonchev–Trinajstić information content (AvgIpc) is 3.34. The van der Waals surface area contributed by atoms with Crippen LogP contribution in [0.15, 0.2) is 17.3 Å². The summed E-state index contributed by atoms with van der Waals surface area (Å²) in [5, 5.41) is 9.67. The predicted molar refractivity (Wildman–Crippen MR) is 147 cm³/mol. The Kier molecular flexibility index (Phi) is 7.93. The lowest BCUT2D eigenvalue weighted by Gasteiger charge is -2.43. The highest BCUT2D eigenvalue weighted by Crippen LogP contribution is 2.52. The van der Waals surface area contributed by atoms with Crippen molar-refractivity contribution in [3.05, 3.63) is 23.0 Å². The Labute approximate surface area is 225 Å². The van der Waals surface area contributed by atoms with E-state index in [-0.39, 0.29) is 22.4 Å². The molecule has 1 aromatic rings. The van der Waals surface area contributed by atoms with Gasteiger partial charge in [0.2, 0.25) is 0 Å². The van der Waals surface area contributed by atoms with Crippen molar-refractivity contribution in [3.63, 3.8) is 0 Å². The van der Waals surface area contributed by atoms with Crippen LogP contribution >= 0.6 is 15.9 Å². The molecule has 1 spiro atoms. The van der Waals surface area contributed by atoms with Crippen molar-refractivity contribution in [1.29, 1.82) is 0 Å². The summed E-state index contributed by atoms with van der Waals surface area (Å²) in [6.07, 6.45) is -0.829. The molecule has 3 heterocycles. The number of aromatic nitrogens is 3. The number of hydrogen-bond acceptors (Lipinski definition) is 9. The fraction of sp³-hybridized carbons (Fsp3) is 0.818. The molecule has 2 aliphatic rings. The molecular weight excluding hydrogens is 584 g/mol. The first-order valence-corrected chi connectivity index (χ1v) is 20.4. The Morgan fingerprint density at radius 1 is 1.14 bits per heavy atom. The fourth-order valence-electron chi connectivity index (χ4n) is 3.70. The van der Waals surface area contributed by atoms with Crippen LogP contribution in [0, 0.1) is 0 Å². The van der Waals surface area contributed by atoms with Crippen molar-refractivity contribution < 1.29 is 26.2 Å². The minimum Gasteiger partial charge on any atom is -0.414 e. The first kappa shape index (κ1) is 29.9. The molecule has 0 aliphatic carbocycles. The van der Waals surface area contributed by atoms with E-state index in [2.05, 4.69) is 94.0 Å². The van der Waals surface area contributed by atoms with Gasteiger partial charge in [-0.15, -0.1) is 5.10 Å². The van der Waals surface area contributed by atoms with Crippen molar-refractivity contribution in [2.75, 3.05) is 6.61 Å². The molecule has 0 amide bonds. The SMILES string of the molecule is CC(C)(C)[Si](C)(C)OCC1OC(n2cc(CBr)nn2)C(O[Si](C)(C)C(C)(C)C)C12OS(=O)(=O)C=C2N. The predicted octanol–water partition coefficient (Wildman–Crippen LogP) is 4.38. The van der Waals surface area contributed by atoms with E-state index in [4.69, 9.17) is 23.5 Å². The smallest absolute Gasteiger partial charge is 0.292 e. The van der Waals surface area contributed by atoms with Crippen LogP contribution in [0.1, 0.15) is 53.5 Å². The van der Waals surface area contributed by atoms with E-state index < -0.39 is 50.8 Å². The minimum atomic E-state index is -4.06. The van der Waals surface area contributed by atoms with E-state index in [1.807, 2.05) is 0 Å². The van der Waals surface area contributed by atoms with Crippen molar-refractivity contribution >= 4 is 42.7 Å². The Hall–Kier alpha value is -0.616. The lowest BCUT2D eigenvalue weighted by atomic mass is 9.89. The maximum atomic E-state index is 12.8. The van der Waals surface area contributed by atoms with Crippen molar-refractivity contribution in [3.8, 4) is 0 Å². The van der Waals surface area contributed by atoms with E-state index in [1.54, 1.807) is 10.9 Å². The van der Waals surface area contributed by atoms with Gasteiger partial charge in [0.1, 0.15) is 12.2 Å². The Morgan fingerprint density at radius 2 is 1.72 bits per heavy atom. The zero-order chi connectivity index (χ0) is 27.5. The molecule has 3 rings (SSSR count). The highest BCUT2D eigenvalue weighted by Gasteiger charge is 2.67. The molecule has 1 fully saturated rings. The molecule has 1 aromatic heterocycles. The molecule has 2 N–H and O–H groups in total. The molecule has 4 unspecified atom stereocenters. The Morgan fingerprint density at radius 3 is 2.17 bits per heavy atom. The molecule has 0 saturated carbocycles. The van der Waals surface area contributed by atoms with Crippen LogP contribution in [0.3, 0.4) is 0 Å². The van der Waals surface area contributed by atoms with Gasteiger partial charge in [-0.05, 0) is 36.3 Å². The summed E-state index contributed by atoms with van der Waals surface area (Å²) in [4.78, 5) is 0. The summed E-state index contributed by atoms with van der Waals surface area (Å²) < 4.78 is 52.8. The summed E-state index contributed by atoms with van der Waals surface area (Å²) in [7, 11) is -8.75. The second-order valence-electron chi connectivity index (χ2n) is 12.7. The molecule has 36 heavy (non-hydrogen) atoms. The van der Waals surface area contributed by atoms with E-state index >= 15 is 0 Å². The molecule has 0 aromatic carbocycles. The van der Waals surface area contributed by atoms with Gasteiger partial charge in [0, 0.05) is 5.33 Å². The first-order valence-electron chi connectivity index (χ1n) is 12.0. The third-order valence-corrected chi connectivity index (χ3v) is 18.6. The van der Waals surface area contributed by atoms with Gasteiger partial charge in [-0.25, -0.2) is 8.86 Å². The normalized spacial score (nSPS) is 29.2. The molecule has 1 saturated heterocycles. The highest BCUT2D eigenvalue weighted by atomic mass is 79.9. The van der Waals surface area contributed by atoms with Gasteiger partial charge in [0.05, 0.1) is 29.6 Å². The van der Waals surface area contributed by atoms with Crippen LogP contribution in [-0.4, -0.2) is 64.5 Å². The molecule has 14 heteroatoms. The number of hydrogen-bond donors (Lipinski definition) is 1. The lowest BCUT2D eigenvalue weighted by Crippen LogP contribution is -2.59. The molecule has 4 atom stereocenters. The minimum absolute atomic E-state index is 0.0402. The topological polar surface area (TPSA) is 128 Å². The van der Waals surface area contributed by atoms with E-state index in [1.165, 1.54) is 0 Å². The van der Waals surface area contributed by atoms with Gasteiger partial charge < -0.3 is 19.3 Å². The number of rotatable bonds is 7. The molecule has 0 radical (unpaired) electrons. The summed E-state index contributed by atoms with van der Waals surface area (Å²) in [5.74, 6) is 0. The quantitative estimate of drug-likeness (QED) is 0.267. The van der Waals surface area contributed by atoms with Crippen LogP contribution in [0.2, 0.25) is 36.3 Å². The zero-order valence-corrected chi connectivity index (χ0v) is 27.4. The maximum absolute atomic E-state index is 12.8. The van der Waals surface area contributed by atoms with E-state index in [0.717, 1.165) is 5.41 Å². The maximum Gasteiger partial charge on any atom is 0.292 e. The number of alkyl halides is 1. The molecule has 10 nitrogen and oxygen atoms in total. The molecule has 206 valence electrons. The summed E-state index contributed by atoms with van der Waals surface area (Å²) in [6, 6.07) is 0. The van der Waals surface area contributed by atoms with Crippen LogP contribution in [0.25, 0.3) is 0 Å². The van der Waals surface area contributed by atoms with Crippen LogP contribution in [0.4, 0.5) is 0 Å². The standard InChI is InChI=1S/C22H41BrN4O6SSi2/c1-20(2,3)35(7,8)30-13-17-22(16(24)14-34(28,29)33-22)18(32-36(9,10)21(4,5)6)19(31-17)27-12-15(11-23)25-26-27/h12,14,17-19H,11,13,24H2,1-10H3.